The van der Waals surface area contributed by atoms with Gasteiger partial charge >= 0.3 is 0 Å². The van der Waals surface area contributed by atoms with Crippen LogP contribution in [0.3, 0.4) is 0 Å². The molecule has 0 spiro atoms. The van der Waals surface area contributed by atoms with E-state index in [0.29, 0.717) is 12.1 Å². The summed E-state index contributed by atoms with van der Waals surface area (Å²) in [5.74, 6) is 0.168. The summed E-state index contributed by atoms with van der Waals surface area (Å²) >= 11 is 0. The molecule has 0 aliphatic heterocycles. The first-order valence-electron chi connectivity index (χ1n) is 9.05. The average molecular weight is 354 g/mol. The first-order valence-corrected chi connectivity index (χ1v) is 9.05. The lowest BCUT2D eigenvalue weighted by Crippen LogP contribution is -2.27. The number of nitrogens with one attached hydrogen (secondary N) is 1. The molecule has 4 heteroatoms. The standard InChI is InChI=1S/C22H30N2O2/c1-21(2,3)17-12-16(13-18(19(17)25)22(4,5)6)20(26)24-11-9-15-8-7-10-23-14-15/h7-8,10,12-14,25H,9,11H2,1-6H3,(H,24,26). The van der Waals surface area contributed by atoms with E-state index in [2.05, 4.69) is 10.3 Å². The van der Waals surface area contributed by atoms with Crippen LogP contribution in [0.1, 0.15) is 68.6 Å². The Labute approximate surface area is 156 Å². The van der Waals surface area contributed by atoms with Crippen LogP contribution in [0.5, 0.6) is 5.75 Å². The summed E-state index contributed by atoms with van der Waals surface area (Å²) < 4.78 is 0. The largest absolute Gasteiger partial charge is 0.507 e. The van der Waals surface area contributed by atoms with E-state index in [-0.39, 0.29) is 22.5 Å². The summed E-state index contributed by atoms with van der Waals surface area (Å²) in [4.78, 5) is 16.8. The average Bonchev–Trinajstić information content (AvgIpc) is 2.53. The van der Waals surface area contributed by atoms with E-state index in [1.807, 2.05) is 72.0 Å². The Morgan fingerprint density at radius 3 is 2.12 bits per heavy atom. The van der Waals surface area contributed by atoms with Gasteiger partial charge in [-0.15, -0.1) is 0 Å². The molecular weight excluding hydrogens is 324 g/mol. The number of pyridine rings is 1. The second kappa shape index (κ2) is 7.48. The predicted molar refractivity (Wildman–Crippen MR) is 106 cm³/mol. The number of benzene rings is 1. The van der Waals surface area contributed by atoms with Crippen LogP contribution < -0.4 is 5.32 Å². The third-order valence-corrected chi connectivity index (χ3v) is 4.41. The van der Waals surface area contributed by atoms with E-state index >= 15 is 0 Å². The Bertz CT molecular complexity index is 734. The molecule has 2 aromatic rings. The number of aromatic hydroxyl groups is 1. The van der Waals surface area contributed by atoms with Crippen LogP contribution in [0.4, 0.5) is 0 Å². The second-order valence-corrected chi connectivity index (χ2v) is 8.79. The second-order valence-electron chi connectivity index (χ2n) is 8.79. The zero-order chi connectivity index (χ0) is 19.5. The topological polar surface area (TPSA) is 62.2 Å². The van der Waals surface area contributed by atoms with Gasteiger partial charge < -0.3 is 10.4 Å². The van der Waals surface area contributed by atoms with Gasteiger partial charge in [0.2, 0.25) is 0 Å². The van der Waals surface area contributed by atoms with Crippen LogP contribution in [0, 0.1) is 0 Å². The van der Waals surface area contributed by atoms with Crippen molar-refractivity contribution in [2.75, 3.05) is 6.54 Å². The summed E-state index contributed by atoms with van der Waals surface area (Å²) in [5, 5.41) is 13.7. The lowest BCUT2D eigenvalue weighted by molar-refractivity contribution is 0.0954. The fourth-order valence-corrected chi connectivity index (χ4v) is 2.88. The zero-order valence-electron chi connectivity index (χ0n) is 16.7. The highest BCUT2D eigenvalue weighted by Gasteiger charge is 2.27. The fraction of sp³-hybridized carbons (Fsp3) is 0.455. The van der Waals surface area contributed by atoms with Crippen molar-refractivity contribution in [3.63, 3.8) is 0 Å². The number of aromatic nitrogens is 1. The monoisotopic (exact) mass is 354 g/mol. The number of amides is 1. The Morgan fingerprint density at radius 2 is 1.65 bits per heavy atom. The first kappa shape index (κ1) is 20.0. The molecule has 0 bridgehead atoms. The van der Waals surface area contributed by atoms with Crippen molar-refractivity contribution >= 4 is 5.91 Å². The van der Waals surface area contributed by atoms with Crippen LogP contribution >= 0.6 is 0 Å². The van der Waals surface area contributed by atoms with E-state index in [1.165, 1.54) is 0 Å². The van der Waals surface area contributed by atoms with Gasteiger partial charge in [0.15, 0.2) is 0 Å². The number of hydrogen-bond donors (Lipinski definition) is 2. The molecule has 1 aromatic carbocycles. The summed E-state index contributed by atoms with van der Waals surface area (Å²) in [6.45, 7) is 12.8. The van der Waals surface area contributed by atoms with E-state index < -0.39 is 0 Å². The van der Waals surface area contributed by atoms with Crippen LogP contribution in [0.2, 0.25) is 0 Å². The lowest BCUT2D eigenvalue weighted by Gasteiger charge is -2.28. The van der Waals surface area contributed by atoms with Crippen molar-refractivity contribution in [2.24, 2.45) is 0 Å². The van der Waals surface area contributed by atoms with Gasteiger partial charge in [-0.2, -0.15) is 0 Å². The van der Waals surface area contributed by atoms with Crippen LogP contribution in [-0.4, -0.2) is 22.5 Å². The molecule has 0 radical (unpaired) electrons. The third-order valence-electron chi connectivity index (χ3n) is 4.41. The quantitative estimate of drug-likeness (QED) is 0.858. The van der Waals surface area contributed by atoms with E-state index in [4.69, 9.17) is 0 Å². The van der Waals surface area contributed by atoms with Gasteiger partial charge in [0.1, 0.15) is 5.75 Å². The number of phenolic OH excluding ortho intramolecular Hbond substituents is 1. The lowest BCUT2D eigenvalue weighted by atomic mass is 9.78. The molecule has 1 heterocycles. The van der Waals surface area contributed by atoms with Crippen LogP contribution in [0.15, 0.2) is 36.7 Å². The summed E-state index contributed by atoms with van der Waals surface area (Å²) in [6.07, 6.45) is 4.28. The van der Waals surface area contributed by atoms with Gasteiger partial charge in [0, 0.05) is 35.6 Å². The molecule has 0 saturated carbocycles. The molecule has 0 atom stereocenters. The molecule has 1 amide bonds. The fourth-order valence-electron chi connectivity index (χ4n) is 2.88. The van der Waals surface area contributed by atoms with Gasteiger partial charge in [-0.05, 0) is 41.0 Å². The van der Waals surface area contributed by atoms with Gasteiger partial charge in [0.25, 0.3) is 5.91 Å². The Balaban J connectivity index is 2.26. The predicted octanol–water partition coefficient (Wildman–Crippen LogP) is 4.35. The van der Waals surface area contributed by atoms with Crippen molar-refractivity contribution in [3.05, 3.63) is 58.9 Å². The molecule has 0 unspecified atom stereocenters. The molecular formula is C22H30N2O2. The van der Waals surface area contributed by atoms with Gasteiger partial charge in [-0.1, -0.05) is 47.6 Å². The number of nitrogens with zero attached hydrogens (tertiary/aromatic N) is 1. The highest BCUT2D eigenvalue weighted by atomic mass is 16.3. The Hall–Kier alpha value is -2.36. The van der Waals surface area contributed by atoms with Crippen molar-refractivity contribution in [1.29, 1.82) is 0 Å². The summed E-state index contributed by atoms with van der Waals surface area (Å²) in [6, 6.07) is 7.51. The van der Waals surface area contributed by atoms with Crippen LogP contribution in [0.25, 0.3) is 0 Å². The smallest absolute Gasteiger partial charge is 0.251 e. The van der Waals surface area contributed by atoms with Gasteiger partial charge in [-0.25, -0.2) is 0 Å². The van der Waals surface area contributed by atoms with E-state index in [0.717, 1.165) is 23.1 Å². The minimum absolute atomic E-state index is 0.120. The number of carbonyl (C=O) groups is 1. The maximum atomic E-state index is 12.7. The number of phenols is 1. The van der Waals surface area contributed by atoms with Gasteiger partial charge in [0.05, 0.1) is 0 Å². The molecule has 1 aromatic heterocycles. The number of rotatable bonds is 4. The minimum Gasteiger partial charge on any atom is -0.507 e. The molecule has 0 aliphatic rings. The number of hydrogen-bond acceptors (Lipinski definition) is 3. The minimum atomic E-state index is -0.254. The molecule has 140 valence electrons. The first-order chi connectivity index (χ1) is 12.0. The molecule has 0 aliphatic carbocycles. The maximum Gasteiger partial charge on any atom is 0.251 e. The van der Waals surface area contributed by atoms with Crippen molar-refractivity contribution in [2.45, 2.75) is 58.8 Å². The molecule has 26 heavy (non-hydrogen) atoms. The van der Waals surface area contributed by atoms with Crippen molar-refractivity contribution in [1.82, 2.24) is 10.3 Å². The van der Waals surface area contributed by atoms with E-state index in [9.17, 15) is 9.90 Å². The summed E-state index contributed by atoms with van der Waals surface area (Å²) in [5.41, 5.74) is 2.75. The highest BCUT2D eigenvalue weighted by Crippen LogP contribution is 2.39. The van der Waals surface area contributed by atoms with E-state index in [1.54, 1.807) is 6.20 Å². The normalized spacial score (nSPS) is 12.1. The Morgan fingerprint density at radius 1 is 1.08 bits per heavy atom. The molecule has 0 fully saturated rings. The highest BCUT2D eigenvalue weighted by molar-refractivity contribution is 5.95. The number of carbonyl (C=O) groups excluding carboxylic acids is 1. The summed E-state index contributed by atoms with van der Waals surface area (Å²) in [7, 11) is 0. The maximum absolute atomic E-state index is 12.7. The van der Waals surface area contributed by atoms with Gasteiger partial charge in [-0.3, -0.25) is 9.78 Å². The zero-order valence-corrected chi connectivity index (χ0v) is 16.7. The molecule has 4 nitrogen and oxygen atoms in total. The Kier molecular flexibility index (Phi) is 5.74. The molecule has 2 rings (SSSR count). The van der Waals surface area contributed by atoms with Crippen molar-refractivity contribution in [3.8, 4) is 5.75 Å². The molecule has 2 N–H and O–H groups in total. The molecule has 0 saturated heterocycles. The third kappa shape index (κ3) is 4.84. The van der Waals surface area contributed by atoms with Crippen molar-refractivity contribution < 1.29 is 9.90 Å². The SMILES string of the molecule is CC(C)(C)c1cc(C(=O)NCCc2cccnc2)cc(C(C)(C)C)c1O. The van der Waals surface area contributed by atoms with Crippen LogP contribution in [-0.2, 0) is 17.3 Å².